The summed E-state index contributed by atoms with van der Waals surface area (Å²) in [5.74, 6) is -3.28. The summed E-state index contributed by atoms with van der Waals surface area (Å²) in [5, 5.41) is 33.5. The number of carbonyl (C=O) groups excluding carboxylic acids is 2. The minimum absolute atomic E-state index is 0.0249. The lowest BCUT2D eigenvalue weighted by Crippen LogP contribution is -2.70. The van der Waals surface area contributed by atoms with Gasteiger partial charge in [-0.1, -0.05) is 23.4 Å². The standard InChI is InChI=1S/C17H15ClN8O6S3/c18-1-7(8-5-34-16(19)20-8)12(29)21-10-13(30)26-11(15(31)32)6(3-33-14(10)26)4-35-17-22-23-24-25(17)2-9(27)28/h1,5,10,14H,2-4H2,(H2,19,20)(H,21,29)(H,27,28)(H,31,32)/t10?,14-/m0/s1. The first-order valence-electron chi connectivity index (χ1n) is 9.54. The van der Waals surface area contributed by atoms with Gasteiger partial charge in [0, 0.05) is 22.4 Å². The molecular formula is C17H15ClN8O6S3. The number of thiazole rings is 1. The lowest BCUT2D eigenvalue weighted by atomic mass is 10.0. The summed E-state index contributed by atoms with van der Waals surface area (Å²) in [5.41, 5.74) is 7.17. The van der Waals surface area contributed by atoms with Gasteiger partial charge in [-0.25, -0.2) is 14.5 Å². The second kappa shape index (κ2) is 10.2. The van der Waals surface area contributed by atoms with E-state index in [1.807, 2.05) is 0 Å². The summed E-state index contributed by atoms with van der Waals surface area (Å²) >= 11 is 9.25. The number of nitrogens with one attached hydrogen (secondary N) is 1. The third kappa shape index (κ3) is 4.97. The van der Waals surface area contributed by atoms with Crippen molar-refractivity contribution in [3.63, 3.8) is 0 Å². The molecule has 2 aromatic rings. The maximum absolute atomic E-state index is 12.9. The van der Waals surface area contributed by atoms with Crippen molar-refractivity contribution in [1.29, 1.82) is 0 Å². The van der Waals surface area contributed by atoms with Crippen molar-refractivity contribution in [3.8, 4) is 0 Å². The van der Waals surface area contributed by atoms with Crippen LogP contribution in [0.3, 0.4) is 0 Å². The Balaban J connectivity index is 1.47. The van der Waals surface area contributed by atoms with Crippen molar-refractivity contribution in [2.45, 2.75) is 23.1 Å². The number of fused-ring (bicyclic) bond motifs is 1. The molecule has 0 spiro atoms. The summed E-state index contributed by atoms with van der Waals surface area (Å²) in [6.45, 7) is -0.449. The Hall–Kier alpha value is -3.15. The van der Waals surface area contributed by atoms with Crippen LogP contribution in [0.15, 0.2) is 27.3 Å². The molecule has 2 aromatic heterocycles. The summed E-state index contributed by atoms with van der Waals surface area (Å²) in [6, 6.07) is -0.957. The molecule has 0 radical (unpaired) electrons. The number of nitrogens with zero attached hydrogens (tertiary/aromatic N) is 6. The zero-order valence-corrected chi connectivity index (χ0v) is 20.5. The van der Waals surface area contributed by atoms with Gasteiger partial charge in [-0.05, 0) is 16.0 Å². The van der Waals surface area contributed by atoms with E-state index in [4.69, 9.17) is 22.4 Å². The number of carbonyl (C=O) groups is 4. The Morgan fingerprint density at radius 2 is 2.14 bits per heavy atom. The molecular weight excluding hydrogens is 544 g/mol. The molecule has 4 heterocycles. The molecule has 0 saturated carbocycles. The molecule has 5 N–H and O–H groups in total. The number of carboxylic acids is 2. The first-order chi connectivity index (χ1) is 16.7. The lowest BCUT2D eigenvalue weighted by Gasteiger charge is -2.49. The van der Waals surface area contributed by atoms with Crippen molar-refractivity contribution in [1.82, 2.24) is 35.4 Å². The Labute approximate surface area is 213 Å². The Morgan fingerprint density at radius 1 is 1.37 bits per heavy atom. The highest BCUT2D eigenvalue weighted by molar-refractivity contribution is 8.01. The fourth-order valence-corrected chi connectivity index (χ4v) is 6.46. The van der Waals surface area contributed by atoms with Crippen LogP contribution in [0.2, 0.25) is 0 Å². The second-order valence-electron chi connectivity index (χ2n) is 7.01. The summed E-state index contributed by atoms with van der Waals surface area (Å²) in [4.78, 5) is 53.7. The Bertz CT molecular complexity index is 1280. The highest BCUT2D eigenvalue weighted by Crippen LogP contribution is 2.41. The monoisotopic (exact) mass is 558 g/mol. The minimum atomic E-state index is -1.30. The van der Waals surface area contributed by atoms with Gasteiger partial charge in [-0.3, -0.25) is 19.3 Å². The van der Waals surface area contributed by atoms with E-state index in [0.29, 0.717) is 5.57 Å². The fourth-order valence-electron chi connectivity index (χ4n) is 3.33. The van der Waals surface area contributed by atoms with E-state index in [0.717, 1.165) is 38.2 Å². The first kappa shape index (κ1) is 25.0. The van der Waals surface area contributed by atoms with E-state index in [1.165, 1.54) is 11.8 Å². The predicted octanol–water partition coefficient (Wildman–Crippen LogP) is -0.0930. The van der Waals surface area contributed by atoms with Crippen molar-refractivity contribution in [2.24, 2.45) is 0 Å². The molecule has 18 heteroatoms. The third-order valence-corrected chi connectivity index (χ3v) is 8.12. The number of rotatable bonds is 9. The van der Waals surface area contributed by atoms with Crippen molar-refractivity contribution in [3.05, 3.63) is 27.9 Å². The first-order valence-corrected chi connectivity index (χ1v) is 12.9. The fraction of sp³-hybridized carbons (Fsp3) is 0.294. The van der Waals surface area contributed by atoms with Gasteiger partial charge >= 0.3 is 11.9 Å². The normalized spacial score (nSPS) is 19.9. The van der Waals surface area contributed by atoms with Gasteiger partial charge < -0.3 is 21.3 Å². The molecule has 1 unspecified atom stereocenters. The van der Waals surface area contributed by atoms with E-state index in [-0.39, 0.29) is 38.8 Å². The van der Waals surface area contributed by atoms with Crippen LogP contribution in [0, 0.1) is 0 Å². The molecule has 0 aliphatic carbocycles. The molecule has 2 atom stereocenters. The molecule has 1 fully saturated rings. The highest BCUT2D eigenvalue weighted by Gasteiger charge is 2.54. The number of hydrogen-bond donors (Lipinski definition) is 4. The lowest BCUT2D eigenvalue weighted by molar-refractivity contribution is -0.150. The number of thioether (sulfide) groups is 2. The number of aromatic nitrogens is 5. The number of halogens is 1. The molecule has 14 nitrogen and oxygen atoms in total. The van der Waals surface area contributed by atoms with Crippen LogP contribution >= 0.6 is 46.5 Å². The van der Waals surface area contributed by atoms with E-state index in [9.17, 15) is 24.3 Å². The van der Waals surface area contributed by atoms with Crippen molar-refractivity contribution < 1.29 is 29.4 Å². The van der Waals surface area contributed by atoms with E-state index in [1.54, 1.807) is 5.38 Å². The van der Waals surface area contributed by atoms with Gasteiger partial charge in [-0.2, -0.15) is 0 Å². The zero-order valence-electron chi connectivity index (χ0n) is 17.3. The molecule has 0 aromatic carbocycles. The molecule has 2 aliphatic rings. The maximum Gasteiger partial charge on any atom is 0.352 e. The predicted molar refractivity (Wildman–Crippen MR) is 126 cm³/mol. The van der Waals surface area contributed by atoms with Crippen LogP contribution in [0.1, 0.15) is 5.69 Å². The molecule has 4 rings (SSSR count). The van der Waals surface area contributed by atoms with Gasteiger partial charge in [0.05, 0.1) is 11.3 Å². The van der Waals surface area contributed by atoms with E-state index < -0.39 is 41.7 Å². The van der Waals surface area contributed by atoms with Crippen LogP contribution in [0.25, 0.3) is 5.57 Å². The number of carboxylic acid groups (broad SMARTS) is 2. The van der Waals surface area contributed by atoms with Crippen molar-refractivity contribution >= 4 is 80.9 Å². The number of aliphatic carboxylic acids is 2. The Kier molecular flexibility index (Phi) is 7.29. The van der Waals surface area contributed by atoms with Crippen LogP contribution in [0.4, 0.5) is 5.13 Å². The quantitative estimate of drug-likeness (QED) is 0.180. The molecule has 1 saturated heterocycles. The number of hydrogen-bond acceptors (Lipinski definition) is 12. The third-order valence-electron chi connectivity index (χ3n) is 4.85. The molecule has 2 aliphatic heterocycles. The van der Waals surface area contributed by atoms with Gasteiger partial charge in [0.1, 0.15) is 23.7 Å². The number of amides is 2. The average Bonchev–Trinajstić information content (AvgIpc) is 3.43. The van der Waals surface area contributed by atoms with Crippen LogP contribution in [0.5, 0.6) is 0 Å². The molecule has 0 bridgehead atoms. The smallest absolute Gasteiger partial charge is 0.352 e. The summed E-state index contributed by atoms with van der Waals surface area (Å²) < 4.78 is 1.07. The van der Waals surface area contributed by atoms with E-state index in [2.05, 4.69) is 25.8 Å². The number of nitrogen functional groups attached to an aromatic ring is 1. The number of β-lactam (4-membered cyclic amide) rings is 1. The second-order valence-corrected chi connectivity index (χ2v) is 10.2. The largest absolute Gasteiger partial charge is 0.480 e. The van der Waals surface area contributed by atoms with Gasteiger partial charge in [-0.15, -0.1) is 28.2 Å². The SMILES string of the molecule is Nc1nc(C(=CCl)C(=O)NC2C(=O)N3C(C(=O)O)=C(CSc4nnnn4CC(=O)O)CS[C@@H]23)cs1. The molecule has 35 heavy (non-hydrogen) atoms. The topological polar surface area (TPSA) is 207 Å². The minimum Gasteiger partial charge on any atom is -0.480 e. The number of nitrogens with two attached hydrogens (primary N) is 1. The van der Waals surface area contributed by atoms with Gasteiger partial charge in [0.15, 0.2) is 5.13 Å². The Morgan fingerprint density at radius 3 is 2.77 bits per heavy atom. The van der Waals surface area contributed by atoms with Crippen LogP contribution in [-0.2, 0) is 25.7 Å². The van der Waals surface area contributed by atoms with Gasteiger partial charge in [0.25, 0.3) is 11.8 Å². The summed E-state index contributed by atoms with van der Waals surface area (Å²) in [6.07, 6.45) is 0. The zero-order chi connectivity index (χ0) is 25.3. The number of anilines is 1. The molecule has 2 amide bonds. The van der Waals surface area contributed by atoms with E-state index >= 15 is 0 Å². The van der Waals surface area contributed by atoms with Gasteiger partial charge in [0.2, 0.25) is 5.16 Å². The highest BCUT2D eigenvalue weighted by atomic mass is 35.5. The van der Waals surface area contributed by atoms with Crippen LogP contribution < -0.4 is 11.1 Å². The summed E-state index contributed by atoms with van der Waals surface area (Å²) in [7, 11) is 0. The maximum atomic E-state index is 12.9. The average molecular weight is 559 g/mol. The molecule has 184 valence electrons. The van der Waals surface area contributed by atoms with Crippen LogP contribution in [-0.4, -0.2) is 87.0 Å². The van der Waals surface area contributed by atoms with Crippen molar-refractivity contribution in [2.75, 3.05) is 17.2 Å². The number of tetrazole rings is 1.